The first-order chi connectivity index (χ1) is 8.67. The lowest BCUT2D eigenvalue weighted by Crippen LogP contribution is -2.59. The molecule has 0 aromatic carbocycles. The molecule has 4 nitrogen and oxygen atoms in total. The van der Waals surface area contributed by atoms with Crippen LogP contribution in [0, 0.1) is 17.8 Å². The van der Waals surface area contributed by atoms with Gasteiger partial charge in [0, 0.05) is 5.92 Å². The van der Waals surface area contributed by atoms with Crippen LogP contribution in [0.5, 0.6) is 0 Å². The van der Waals surface area contributed by atoms with Crippen molar-refractivity contribution < 1.29 is 20.1 Å². The Kier molecular flexibility index (Phi) is 2.58. The van der Waals surface area contributed by atoms with Crippen LogP contribution < -0.4 is 0 Å². The second-order valence-corrected chi connectivity index (χ2v) is 7.08. The zero-order valence-electron chi connectivity index (χ0n) is 11.9. The van der Waals surface area contributed by atoms with E-state index in [4.69, 9.17) is 4.74 Å². The molecule has 2 heterocycles. The Balaban J connectivity index is 2.16. The van der Waals surface area contributed by atoms with Crippen molar-refractivity contribution in [3.63, 3.8) is 0 Å². The average Bonchev–Trinajstić information content (AvgIpc) is 2.68. The molecule has 3 aliphatic rings. The van der Waals surface area contributed by atoms with Gasteiger partial charge in [0.2, 0.25) is 0 Å². The van der Waals surface area contributed by atoms with Gasteiger partial charge in [0.05, 0.1) is 12.0 Å². The molecule has 4 heteroatoms. The summed E-state index contributed by atoms with van der Waals surface area (Å²) >= 11 is 0. The molecule has 0 radical (unpaired) electrons. The van der Waals surface area contributed by atoms with Gasteiger partial charge in [-0.2, -0.15) is 0 Å². The smallest absolute Gasteiger partial charge is 0.179 e. The van der Waals surface area contributed by atoms with Gasteiger partial charge < -0.3 is 20.1 Å². The summed E-state index contributed by atoms with van der Waals surface area (Å²) in [5.74, 6) is -1.91. The van der Waals surface area contributed by atoms with Crippen molar-refractivity contribution in [1.82, 2.24) is 0 Å². The summed E-state index contributed by atoms with van der Waals surface area (Å²) in [6, 6.07) is 0. The highest BCUT2D eigenvalue weighted by Gasteiger charge is 2.77. The number of hydrogen-bond donors (Lipinski definition) is 3. The van der Waals surface area contributed by atoms with Gasteiger partial charge in [-0.25, -0.2) is 0 Å². The van der Waals surface area contributed by atoms with E-state index >= 15 is 0 Å². The van der Waals surface area contributed by atoms with Crippen molar-refractivity contribution in [2.45, 2.75) is 63.1 Å². The Bertz CT molecular complexity index is 434. The van der Waals surface area contributed by atoms with Crippen LogP contribution in [-0.4, -0.2) is 38.4 Å². The molecule has 0 aromatic rings. The molecule has 3 fully saturated rings. The minimum absolute atomic E-state index is 0.167. The Morgan fingerprint density at radius 3 is 2.58 bits per heavy atom. The zero-order chi connectivity index (χ0) is 14.2. The first-order valence-corrected chi connectivity index (χ1v) is 7.17. The summed E-state index contributed by atoms with van der Waals surface area (Å²) in [6.45, 7) is 9.76. The highest BCUT2D eigenvalue weighted by atomic mass is 16.7. The van der Waals surface area contributed by atoms with E-state index < -0.39 is 29.0 Å². The van der Waals surface area contributed by atoms with E-state index in [9.17, 15) is 15.3 Å². The van der Waals surface area contributed by atoms with Gasteiger partial charge in [-0.1, -0.05) is 26.0 Å². The number of rotatable bonds is 1. The van der Waals surface area contributed by atoms with E-state index in [-0.39, 0.29) is 11.8 Å². The average molecular weight is 268 g/mol. The Morgan fingerprint density at radius 1 is 1.37 bits per heavy atom. The largest absolute Gasteiger partial charge is 0.390 e. The Morgan fingerprint density at radius 2 is 2.00 bits per heavy atom. The van der Waals surface area contributed by atoms with Crippen molar-refractivity contribution in [2.75, 3.05) is 0 Å². The quantitative estimate of drug-likeness (QED) is 0.625. The van der Waals surface area contributed by atoms with E-state index in [1.807, 2.05) is 13.8 Å². The molecule has 0 spiro atoms. The van der Waals surface area contributed by atoms with Crippen LogP contribution in [0.15, 0.2) is 12.2 Å². The summed E-state index contributed by atoms with van der Waals surface area (Å²) in [6.07, 6.45) is 0.870. The van der Waals surface area contributed by atoms with Crippen LogP contribution in [0.3, 0.4) is 0 Å². The lowest BCUT2D eigenvalue weighted by molar-refractivity contribution is -0.320. The fourth-order valence-corrected chi connectivity index (χ4v) is 4.66. The van der Waals surface area contributed by atoms with Crippen molar-refractivity contribution in [3.8, 4) is 0 Å². The summed E-state index contributed by atoms with van der Waals surface area (Å²) in [5, 5.41) is 32.6. The molecule has 6 atom stereocenters. The van der Waals surface area contributed by atoms with Crippen molar-refractivity contribution >= 4 is 0 Å². The third kappa shape index (κ3) is 1.33. The van der Waals surface area contributed by atoms with Crippen LogP contribution in [0.1, 0.15) is 40.0 Å². The molecule has 0 unspecified atom stereocenters. The second kappa shape index (κ2) is 3.61. The minimum Gasteiger partial charge on any atom is -0.390 e. The topological polar surface area (TPSA) is 69.9 Å². The molecule has 3 rings (SSSR count). The summed E-state index contributed by atoms with van der Waals surface area (Å²) in [4.78, 5) is 0. The number of aliphatic hydroxyl groups is 3. The molecular formula is C15H24O4. The van der Waals surface area contributed by atoms with Gasteiger partial charge >= 0.3 is 0 Å². The molecule has 108 valence electrons. The summed E-state index contributed by atoms with van der Waals surface area (Å²) in [5.41, 5.74) is -1.47. The van der Waals surface area contributed by atoms with E-state index in [1.54, 1.807) is 6.92 Å². The molecule has 0 amide bonds. The van der Waals surface area contributed by atoms with Crippen LogP contribution in [0.25, 0.3) is 0 Å². The normalized spacial score (nSPS) is 56.8. The molecule has 1 saturated carbocycles. The second-order valence-electron chi connectivity index (χ2n) is 7.08. The Labute approximate surface area is 114 Å². The maximum atomic E-state index is 11.1. The van der Waals surface area contributed by atoms with Crippen LogP contribution in [0.2, 0.25) is 0 Å². The number of hydrogen-bond acceptors (Lipinski definition) is 4. The fourth-order valence-electron chi connectivity index (χ4n) is 4.66. The van der Waals surface area contributed by atoms with E-state index in [0.29, 0.717) is 19.3 Å². The van der Waals surface area contributed by atoms with Gasteiger partial charge in [-0.3, -0.25) is 0 Å². The standard InChI is InChI=1S/C15H24O4/c1-8(2)10-7-11(16)13(4)14(17)6-5-9(3)12(14)15(10,18)19-13/h8,10-12,16-18H,3,5-7H2,1-2,4H3/t10-,11-,12+,13+,14-,15-/m1/s1. The molecule has 3 N–H and O–H groups in total. The van der Waals surface area contributed by atoms with Crippen LogP contribution in [-0.2, 0) is 4.74 Å². The fraction of sp³-hybridized carbons (Fsp3) is 0.867. The molecule has 2 saturated heterocycles. The summed E-state index contributed by atoms with van der Waals surface area (Å²) < 4.78 is 5.89. The lowest BCUT2D eigenvalue weighted by Gasteiger charge is -2.47. The van der Waals surface area contributed by atoms with Crippen molar-refractivity contribution in [1.29, 1.82) is 0 Å². The highest BCUT2D eigenvalue weighted by Crippen LogP contribution is 2.65. The van der Waals surface area contributed by atoms with E-state index in [0.717, 1.165) is 5.57 Å². The number of fused-ring (bicyclic) bond motifs is 5. The predicted molar refractivity (Wildman–Crippen MR) is 70.2 cm³/mol. The van der Waals surface area contributed by atoms with E-state index in [2.05, 4.69) is 6.58 Å². The molecular weight excluding hydrogens is 244 g/mol. The first-order valence-electron chi connectivity index (χ1n) is 7.17. The van der Waals surface area contributed by atoms with Gasteiger partial charge in [-0.05, 0) is 32.1 Å². The maximum Gasteiger partial charge on any atom is 0.179 e. The maximum absolute atomic E-state index is 11.1. The highest BCUT2D eigenvalue weighted by molar-refractivity contribution is 5.32. The molecule has 19 heavy (non-hydrogen) atoms. The molecule has 0 aromatic heterocycles. The lowest BCUT2D eigenvalue weighted by atomic mass is 9.75. The van der Waals surface area contributed by atoms with Gasteiger partial charge in [-0.15, -0.1) is 0 Å². The predicted octanol–water partition coefficient (Wildman–Crippen LogP) is 1.20. The third-order valence-electron chi connectivity index (χ3n) is 5.81. The molecule has 1 aliphatic carbocycles. The zero-order valence-corrected chi connectivity index (χ0v) is 11.9. The Hall–Kier alpha value is -0.420. The van der Waals surface area contributed by atoms with Crippen LogP contribution in [0.4, 0.5) is 0 Å². The molecule has 2 aliphatic heterocycles. The van der Waals surface area contributed by atoms with Gasteiger partial charge in [0.1, 0.15) is 11.2 Å². The molecule has 2 bridgehead atoms. The monoisotopic (exact) mass is 268 g/mol. The SMILES string of the molecule is C=C1CC[C@@]2(O)[C@H]1[C@]1(O)O[C@@]2(C)[C@H](O)C[C@@H]1C(C)C. The van der Waals surface area contributed by atoms with Crippen molar-refractivity contribution in [3.05, 3.63) is 12.2 Å². The van der Waals surface area contributed by atoms with Crippen LogP contribution >= 0.6 is 0 Å². The van der Waals surface area contributed by atoms with Crippen molar-refractivity contribution in [2.24, 2.45) is 17.8 Å². The third-order valence-corrected chi connectivity index (χ3v) is 5.81. The minimum atomic E-state index is -1.40. The first kappa shape index (κ1) is 13.6. The number of aliphatic hydroxyl groups excluding tert-OH is 1. The van der Waals surface area contributed by atoms with Gasteiger partial charge in [0.25, 0.3) is 0 Å². The number of ether oxygens (including phenoxy) is 1. The summed E-state index contributed by atoms with van der Waals surface area (Å²) in [7, 11) is 0. The van der Waals surface area contributed by atoms with E-state index in [1.165, 1.54) is 0 Å². The van der Waals surface area contributed by atoms with Gasteiger partial charge in [0.15, 0.2) is 5.79 Å².